The molecule has 0 saturated carbocycles. The molecular formula is C15H12ClN5O. The van der Waals surface area contributed by atoms with E-state index in [0.29, 0.717) is 10.6 Å². The molecule has 0 amide bonds. The van der Waals surface area contributed by atoms with Crippen LogP contribution in [0.25, 0.3) is 11.1 Å². The van der Waals surface area contributed by atoms with E-state index in [9.17, 15) is 15.3 Å². The quantitative estimate of drug-likeness (QED) is 0.882. The summed E-state index contributed by atoms with van der Waals surface area (Å²) >= 11 is 6.27. The lowest BCUT2D eigenvalue weighted by Crippen LogP contribution is -2.16. The van der Waals surface area contributed by atoms with Crippen molar-refractivity contribution in [1.82, 2.24) is 4.98 Å². The summed E-state index contributed by atoms with van der Waals surface area (Å²) in [5.74, 6) is -0.0887. The van der Waals surface area contributed by atoms with Gasteiger partial charge in [0, 0.05) is 30.9 Å². The van der Waals surface area contributed by atoms with E-state index >= 15 is 0 Å². The molecule has 0 atom stereocenters. The Morgan fingerprint density at radius 3 is 2.36 bits per heavy atom. The molecule has 0 fully saturated rings. The first-order chi connectivity index (χ1) is 10.4. The second-order valence-corrected chi connectivity index (χ2v) is 5.18. The van der Waals surface area contributed by atoms with Crippen molar-refractivity contribution in [3.05, 3.63) is 44.7 Å². The van der Waals surface area contributed by atoms with Crippen LogP contribution >= 0.6 is 11.6 Å². The van der Waals surface area contributed by atoms with Crippen LogP contribution in [0.4, 0.5) is 11.5 Å². The number of halogens is 1. The minimum absolute atomic E-state index is 0.0238. The molecule has 0 aliphatic heterocycles. The van der Waals surface area contributed by atoms with Gasteiger partial charge in [0.2, 0.25) is 0 Å². The van der Waals surface area contributed by atoms with E-state index in [1.807, 2.05) is 31.1 Å². The summed E-state index contributed by atoms with van der Waals surface area (Å²) in [7, 11) is 3.72. The van der Waals surface area contributed by atoms with Crippen molar-refractivity contribution in [2.45, 2.75) is 0 Å². The second-order valence-electron chi connectivity index (χ2n) is 4.77. The van der Waals surface area contributed by atoms with Crippen molar-refractivity contribution >= 4 is 23.1 Å². The van der Waals surface area contributed by atoms with E-state index < -0.39 is 5.56 Å². The third-order valence-corrected chi connectivity index (χ3v) is 3.52. The van der Waals surface area contributed by atoms with Gasteiger partial charge in [-0.1, -0.05) is 17.7 Å². The Bertz CT molecular complexity index is 887. The fourth-order valence-electron chi connectivity index (χ4n) is 2.10. The van der Waals surface area contributed by atoms with Crippen LogP contribution < -0.4 is 16.2 Å². The van der Waals surface area contributed by atoms with Crippen LogP contribution in [0.1, 0.15) is 11.1 Å². The predicted molar refractivity (Wildman–Crippen MR) is 85.7 cm³/mol. The highest BCUT2D eigenvalue weighted by Gasteiger charge is 2.20. The lowest BCUT2D eigenvalue weighted by atomic mass is 9.96. The van der Waals surface area contributed by atoms with Crippen molar-refractivity contribution in [1.29, 1.82) is 10.5 Å². The fraction of sp³-hybridized carbons (Fsp3) is 0.133. The largest absolute Gasteiger partial charge is 0.384 e. The van der Waals surface area contributed by atoms with Crippen LogP contribution in [0.2, 0.25) is 5.02 Å². The summed E-state index contributed by atoms with van der Waals surface area (Å²) in [6.07, 6.45) is 0. The van der Waals surface area contributed by atoms with Crippen LogP contribution in [-0.4, -0.2) is 19.1 Å². The van der Waals surface area contributed by atoms with Gasteiger partial charge in [0.05, 0.1) is 5.02 Å². The topological polar surface area (TPSA) is 110 Å². The molecule has 0 aliphatic carbocycles. The number of anilines is 2. The molecule has 0 unspecified atom stereocenters. The Labute approximate surface area is 132 Å². The van der Waals surface area contributed by atoms with Gasteiger partial charge in [-0.25, -0.2) is 0 Å². The number of hydrogen-bond donors (Lipinski definition) is 2. The van der Waals surface area contributed by atoms with Gasteiger partial charge in [-0.15, -0.1) is 0 Å². The molecule has 3 N–H and O–H groups in total. The average Bonchev–Trinajstić information content (AvgIpc) is 2.46. The Morgan fingerprint density at radius 1 is 1.23 bits per heavy atom. The summed E-state index contributed by atoms with van der Waals surface area (Å²) in [4.78, 5) is 16.1. The molecule has 2 aromatic rings. The smallest absolute Gasteiger partial charge is 0.268 e. The highest BCUT2D eigenvalue weighted by atomic mass is 35.5. The number of nitriles is 2. The first-order valence-electron chi connectivity index (χ1n) is 6.24. The Hall–Kier alpha value is -2.96. The number of nitrogens with one attached hydrogen (secondary N) is 1. The highest BCUT2D eigenvalue weighted by molar-refractivity contribution is 6.33. The first-order valence-corrected chi connectivity index (χ1v) is 6.61. The van der Waals surface area contributed by atoms with Gasteiger partial charge in [0.1, 0.15) is 29.1 Å². The molecule has 1 aromatic carbocycles. The number of aromatic nitrogens is 1. The summed E-state index contributed by atoms with van der Waals surface area (Å²) < 4.78 is 0. The van der Waals surface area contributed by atoms with Gasteiger partial charge >= 0.3 is 0 Å². The molecule has 1 heterocycles. The van der Waals surface area contributed by atoms with Crippen molar-refractivity contribution in [3.8, 4) is 23.3 Å². The van der Waals surface area contributed by atoms with Gasteiger partial charge < -0.3 is 15.6 Å². The minimum atomic E-state index is -0.651. The number of nitrogens with two attached hydrogens (primary N) is 1. The van der Waals surface area contributed by atoms with Gasteiger partial charge in [-0.2, -0.15) is 10.5 Å². The normalized spacial score (nSPS) is 9.86. The molecule has 7 heteroatoms. The minimum Gasteiger partial charge on any atom is -0.384 e. The summed E-state index contributed by atoms with van der Waals surface area (Å²) in [5, 5.41) is 18.8. The second kappa shape index (κ2) is 5.80. The van der Waals surface area contributed by atoms with Gasteiger partial charge in [-0.3, -0.25) is 4.79 Å². The number of rotatable bonds is 2. The molecule has 1 aromatic heterocycles. The predicted octanol–water partition coefficient (Wildman–Crippen LogP) is 2.09. The van der Waals surface area contributed by atoms with Gasteiger partial charge in [0.25, 0.3) is 5.56 Å². The Kier molecular flexibility index (Phi) is 4.07. The number of H-pyrrole nitrogens is 1. The summed E-state index contributed by atoms with van der Waals surface area (Å²) in [6.45, 7) is 0. The average molecular weight is 314 g/mol. The van der Waals surface area contributed by atoms with E-state index in [-0.39, 0.29) is 22.5 Å². The zero-order chi connectivity index (χ0) is 16.4. The van der Waals surface area contributed by atoms with Crippen molar-refractivity contribution in [2.24, 2.45) is 0 Å². The van der Waals surface area contributed by atoms with Crippen LogP contribution in [0.3, 0.4) is 0 Å². The van der Waals surface area contributed by atoms with E-state index in [4.69, 9.17) is 17.3 Å². The number of nitrogens with zero attached hydrogens (tertiary/aromatic N) is 3. The molecule has 2 rings (SSSR count). The van der Waals surface area contributed by atoms with Crippen LogP contribution in [0.15, 0.2) is 23.0 Å². The van der Waals surface area contributed by atoms with Crippen LogP contribution in [0.5, 0.6) is 0 Å². The van der Waals surface area contributed by atoms with Crippen LogP contribution in [0, 0.1) is 22.7 Å². The molecule has 0 aliphatic rings. The molecule has 6 nitrogen and oxygen atoms in total. The van der Waals surface area contributed by atoms with E-state index in [1.165, 1.54) is 0 Å². The molecule has 0 bridgehead atoms. The molecular weight excluding hydrogens is 302 g/mol. The number of pyridine rings is 1. The van der Waals surface area contributed by atoms with E-state index in [2.05, 4.69) is 4.98 Å². The van der Waals surface area contributed by atoms with Gasteiger partial charge in [-0.05, 0) is 12.1 Å². The zero-order valence-corrected chi connectivity index (χ0v) is 12.7. The maximum atomic E-state index is 11.9. The highest BCUT2D eigenvalue weighted by Crippen LogP contribution is 2.35. The Morgan fingerprint density at radius 2 is 1.86 bits per heavy atom. The molecule has 0 spiro atoms. The van der Waals surface area contributed by atoms with Crippen molar-refractivity contribution in [3.63, 3.8) is 0 Å². The monoisotopic (exact) mass is 313 g/mol. The van der Waals surface area contributed by atoms with E-state index in [1.54, 1.807) is 18.2 Å². The molecule has 22 heavy (non-hydrogen) atoms. The molecule has 0 radical (unpaired) electrons. The zero-order valence-electron chi connectivity index (χ0n) is 11.9. The molecule has 0 saturated heterocycles. The lowest BCUT2D eigenvalue weighted by molar-refractivity contribution is 1.13. The van der Waals surface area contributed by atoms with Crippen molar-refractivity contribution < 1.29 is 0 Å². The number of hydrogen-bond acceptors (Lipinski definition) is 5. The first kappa shape index (κ1) is 15.4. The van der Waals surface area contributed by atoms with Crippen LogP contribution in [-0.2, 0) is 0 Å². The van der Waals surface area contributed by atoms with Gasteiger partial charge in [0.15, 0.2) is 0 Å². The maximum absolute atomic E-state index is 11.9. The molecule has 110 valence electrons. The Balaban J connectivity index is 2.87. The van der Waals surface area contributed by atoms with E-state index in [0.717, 1.165) is 5.69 Å². The fourth-order valence-corrected chi connectivity index (χ4v) is 2.37. The third kappa shape index (κ3) is 2.48. The number of aromatic amines is 1. The number of nitrogen functional groups attached to an aromatic ring is 1. The standard InChI is InChI=1S/C15H12ClN5O/c1-21(2)8-3-4-9(12(16)5-8)13-10(6-17)14(19)20-15(22)11(13)7-18/h3-5H,1-2H3,(H3,19,20,22). The number of benzene rings is 1. The maximum Gasteiger partial charge on any atom is 0.268 e. The third-order valence-electron chi connectivity index (χ3n) is 3.21. The van der Waals surface area contributed by atoms with Crippen molar-refractivity contribution in [2.75, 3.05) is 24.7 Å². The lowest BCUT2D eigenvalue weighted by Gasteiger charge is -2.15. The summed E-state index contributed by atoms with van der Waals surface area (Å²) in [6, 6.07) is 8.85. The summed E-state index contributed by atoms with van der Waals surface area (Å²) in [5.41, 5.74) is 6.29. The SMILES string of the molecule is CN(C)c1ccc(-c2c(C#N)c(N)[nH]c(=O)c2C#N)c(Cl)c1.